The molecule has 0 bridgehead atoms. The molecule has 3 nitrogen and oxygen atoms in total. The molecular formula is C15H19ClO3. The molecule has 104 valence electrons. The second-order valence-electron chi connectivity index (χ2n) is 5.96. The predicted molar refractivity (Wildman–Crippen MR) is 73.1 cm³/mol. The third-order valence-corrected chi connectivity index (χ3v) is 4.21. The highest BCUT2D eigenvalue weighted by atomic mass is 35.5. The molecule has 4 unspecified atom stereocenters. The van der Waals surface area contributed by atoms with Gasteiger partial charge in [-0.2, -0.15) is 0 Å². The van der Waals surface area contributed by atoms with Gasteiger partial charge < -0.3 is 14.6 Å². The zero-order valence-corrected chi connectivity index (χ0v) is 11.9. The molecule has 1 aromatic carbocycles. The van der Waals surface area contributed by atoms with Gasteiger partial charge in [0.2, 0.25) is 0 Å². The van der Waals surface area contributed by atoms with E-state index in [-0.39, 0.29) is 12.2 Å². The van der Waals surface area contributed by atoms with E-state index in [9.17, 15) is 5.11 Å². The maximum absolute atomic E-state index is 10.1. The number of hydrogen-bond acceptors (Lipinski definition) is 3. The molecule has 1 N–H and O–H groups in total. The van der Waals surface area contributed by atoms with Gasteiger partial charge in [-0.05, 0) is 50.3 Å². The van der Waals surface area contributed by atoms with Crippen LogP contribution in [0.5, 0.6) is 0 Å². The van der Waals surface area contributed by atoms with Crippen LogP contribution in [0, 0.1) is 5.92 Å². The maximum atomic E-state index is 10.1. The van der Waals surface area contributed by atoms with E-state index in [4.69, 9.17) is 21.1 Å². The van der Waals surface area contributed by atoms with Gasteiger partial charge in [-0.25, -0.2) is 0 Å². The number of benzene rings is 1. The minimum absolute atomic E-state index is 0.0133. The zero-order valence-electron chi connectivity index (χ0n) is 11.2. The molecule has 1 heterocycles. The van der Waals surface area contributed by atoms with E-state index < -0.39 is 11.9 Å². The van der Waals surface area contributed by atoms with Crippen LogP contribution >= 0.6 is 11.6 Å². The molecule has 1 aromatic rings. The van der Waals surface area contributed by atoms with E-state index in [1.165, 1.54) is 5.56 Å². The number of aliphatic hydroxyl groups is 1. The van der Waals surface area contributed by atoms with E-state index in [0.29, 0.717) is 5.92 Å². The molecule has 1 aliphatic carbocycles. The number of rotatable bonds is 2. The number of halogens is 1. The summed E-state index contributed by atoms with van der Waals surface area (Å²) in [5.74, 6) is -0.294. The third-order valence-electron chi connectivity index (χ3n) is 3.96. The molecule has 3 rings (SSSR count). The lowest BCUT2D eigenvalue weighted by Crippen LogP contribution is -2.28. The average Bonchev–Trinajstić information content (AvgIpc) is 2.79. The highest BCUT2D eigenvalue weighted by Gasteiger charge is 2.53. The molecular weight excluding hydrogens is 264 g/mol. The first-order valence-electron chi connectivity index (χ1n) is 6.73. The summed E-state index contributed by atoms with van der Waals surface area (Å²) < 4.78 is 11.7. The van der Waals surface area contributed by atoms with Gasteiger partial charge in [0.25, 0.3) is 0 Å². The van der Waals surface area contributed by atoms with Crippen molar-refractivity contribution in [2.24, 2.45) is 5.92 Å². The van der Waals surface area contributed by atoms with Crippen LogP contribution in [-0.4, -0.2) is 29.2 Å². The van der Waals surface area contributed by atoms with Crippen LogP contribution in [0.25, 0.3) is 0 Å². The molecule has 1 aliphatic heterocycles. The van der Waals surface area contributed by atoms with Crippen LogP contribution in [0.2, 0.25) is 5.02 Å². The summed E-state index contributed by atoms with van der Waals surface area (Å²) in [5.41, 5.74) is 1.22. The van der Waals surface area contributed by atoms with Crippen molar-refractivity contribution in [3.8, 4) is 0 Å². The lowest BCUT2D eigenvalue weighted by atomic mass is 9.96. The van der Waals surface area contributed by atoms with Gasteiger partial charge in [-0.15, -0.1) is 0 Å². The van der Waals surface area contributed by atoms with Crippen molar-refractivity contribution >= 4 is 11.6 Å². The van der Waals surface area contributed by atoms with Gasteiger partial charge in [0.05, 0.1) is 12.2 Å². The van der Waals surface area contributed by atoms with Crippen LogP contribution in [0.3, 0.4) is 0 Å². The van der Waals surface area contributed by atoms with Crippen LogP contribution in [-0.2, 0) is 15.9 Å². The highest BCUT2D eigenvalue weighted by molar-refractivity contribution is 6.30. The topological polar surface area (TPSA) is 38.7 Å². The van der Waals surface area contributed by atoms with Crippen molar-refractivity contribution < 1.29 is 14.6 Å². The third kappa shape index (κ3) is 2.65. The average molecular weight is 283 g/mol. The Morgan fingerprint density at radius 2 is 1.84 bits per heavy atom. The molecule has 0 aromatic heterocycles. The number of aliphatic hydroxyl groups excluding tert-OH is 1. The SMILES string of the molecule is CC1(C)OC2C(O)CC(Cc3ccc(Cl)cc3)C2O1. The Balaban J connectivity index is 1.73. The van der Waals surface area contributed by atoms with Crippen LogP contribution < -0.4 is 0 Å². The number of ether oxygens (including phenoxy) is 2. The summed E-state index contributed by atoms with van der Waals surface area (Å²) in [4.78, 5) is 0. The van der Waals surface area contributed by atoms with Crippen molar-refractivity contribution in [2.75, 3.05) is 0 Å². The molecule has 0 amide bonds. The van der Waals surface area contributed by atoms with Crippen molar-refractivity contribution in [1.82, 2.24) is 0 Å². The molecule has 4 heteroatoms. The van der Waals surface area contributed by atoms with Gasteiger partial charge in [-0.3, -0.25) is 0 Å². The molecule has 0 spiro atoms. The monoisotopic (exact) mass is 282 g/mol. The summed E-state index contributed by atoms with van der Waals surface area (Å²) >= 11 is 5.89. The fourth-order valence-corrected chi connectivity index (χ4v) is 3.31. The first-order chi connectivity index (χ1) is 8.94. The lowest BCUT2D eigenvalue weighted by molar-refractivity contribution is -0.166. The second-order valence-corrected chi connectivity index (χ2v) is 6.39. The van der Waals surface area contributed by atoms with Crippen LogP contribution in [0.15, 0.2) is 24.3 Å². The van der Waals surface area contributed by atoms with Crippen molar-refractivity contribution in [3.05, 3.63) is 34.9 Å². The Hall–Kier alpha value is -0.610. The molecule has 19 heavy (non-hydrogen) atoms. The normalized spacial score (nSPS) is 36.4. The molecule has 1 saturated heterocycles. The minimum Gasteiger partial charge on any atom is -0.390 e. The largest absolute Gasteiger partial charge is 0.390 e. The van der Waals surface area contributed by atoms with Gasteiger partial charge in [-0.1, -0.05) is 23.7 Å². The Kier molecular flexibility index (Phi) is 3.34. The van der Waals surface area contributed by atoms with E-state index in [1.807, 2.05) is 38.1 Å². The number of hydrogen-bond donors (Lipinski definition) is 1. The van der Waals surface area contributed by atoms with Crippen molar-refractivity contribution in [1.29, 1.82) is 0 Å². The number of fused-ring (bicyclic) bond motifs is 1. The molecule has 2 fully saturated rings. The summed E-state index contributed by atoms with van der Waals surface area (Å²) in [6.07, 6.45) is 0.986. The van der Waals surface area contributed by atoms with Gasteiger partial charge in [0.1, 0.15) is 6.10 Å². The van der Waals surface area contributed by atoms with E-state index >= 15 is 0 Å². The Morgan fingerprint density at radius 3 is 2.53 bits per heavy atom. The quantitative estimate of drug-likeness (QED) is 0.906. The molecule has 4 atom stereocenters. The van der Waals surface area contributed by atoms with E-state index in [2.05, 4.69) is 0 Å². The maximum Gasteiger partial charge on any atom is 0.163 e. The highest BCUT2D eigenvalue weighted by Crippen LogP contribution is 2.42. The first kappa shape index (κ1) is 13.4. The van der Waals surface area contributed by atoms with Crippen molar-refractivity contribution in [3.63, 3.8) is 0 Å². The Labute approximate surface area is 118 Å². The predicted octanol–water partition coefficient (Wildman–Crippen LogP) is 2.78. The lowest BCUT2D eigenvalue weighted by Gasteiger charge is -2.22. The summed E-state index contributed by atoms with van der Waals surface area (Å²) in [7, 11) is 0. The summed E-state index contributed by atoms with van der Waals surface area (Å²) in [5, 5.41) is 10.8. The Morgan fingerprint density at radius 1 is 1.21 bits per heavy atom. The molecule has 2 aliphatic rings. The van der Waals surface area contributed by atoms with Gasteiger partial charge in [0, 0.05) is 5.02 Å². The molecule has 0 radical (unpaired) electrons. The summed E-state index contributed by atoms with van der Waals surface area (Å²) in [6, 6.07) is 7.86. The molecule has 1 saturated carbocycles. The summed E-state index contributed by atoms with van der Waals surface area (Å²) in [6.45, 7) is 3.80. The van der Waals surface area contributed by atoms with Crippen LogP contribution in [0.1, 0.15) is 25.8 Å². The standard InChI is InChI=1S/C15H19ClO3/c1-15(2)18-13-10(8-12(17)14(13)19-15)7-9-3-5-11(16)6-4-9/h3-6,10,12-14,17H,7-8H2,1-2H3. The first-order valence-corrected chi connectivity index (χ1v) is 7.10. The van der Waals surface area contributed by atoms with Crippen molar-refractivity contribution in [2.45, 2.75) is 50.8 Å². The van der Waals surface area contributed by atoms with E-state index in [0.717, 1.165) is 17.9 Å². The Bertz CT molecular complexity index is 457. The second kappa shape index (κ2) is 4.74. The minimum atomic E-state index is -0.588. The van der Waals surface area contributed by atoms with Gasteiger partial charge in [0.15, 0.2) is 5.79 Å². The smallest absolute Gasteiger partial charge is 0.163 e. The fraction of sp³-hybridized carbons (Fsp3) is 0.600. The van der Waals surface area contributed by atoms with Gasteiger partial charge >= 0.3 is 0 Å². The zero-order chi connectivity index (χ0) is 13.6. The van der Waals surface area contributed by atoms with Crippen LogP contribution in [0.4, 0.5) is 0 Å². The van der Waals surface area contributed by atoms with E-state index in [1.54, 1.807) is 0 Å². The fourth-order valence-electron chi connectivity index (χ4n) is 3.18.